The Bertz CT molecular complexity index is 1350. The number of hydrogen-bond acceptors (Lipinski definition) is 5. The van der Waals surface area contributed by atoms with Gasteiger partial charge in [0.05, 0.1) is 17.2 Å². The second kappa shape index (κ2) is 10.2. The maximum absolute atomic E-state index is 12.8. The first-order valence-corrected chi connectivity index (χ1v) is 12.2. The smallest absolute Gasteiger partial charge is 0.261 e. The van der Waals surface area contributed by atoms with Crippen LogP contribution in [0, 0.1) is 0 Å². The van der Waals surface area contributed by atoms with E-state index in [1.54, 1.807) is 47.3 Å². The lowest BCUT2D eigenvalue weighted by molar-refractivity contribution is 0.0950. The Labute approximate surface area is 198 Å². The SMILES string of the molecule is CCOc1ccc(NS(=O)(=O)c2cccc(C(=O)NCc3ccc(-n4cccn4)cc3)c2)cc1. The van der Waals surface area contributed by atoms with Crippen LogP contribution < -0.4 is 14.8 Å². The summed E-state index contributed by atoms with van der Waals surface area (Å²) in [6.07, 6.45) is 3.55. The summed E-state index contributed by atoms with van der Waals surface area (Å²) < 4.78 is 35.3. The zero-order chi connectivity index (χ0) is 24.0. The van der Waals surface area contributed by atoms with Crippen LogP contribution in [0.4, 0.5) is 5.69 Å². The molecule has 0 saturated heterocycles. The van der Waals surface area contributed by atoms with Crippen molar-refractivity contribution >= 4 is 21.6 Å². The van der Waals surface area contributed by atoms with Crippen molar-refractivity contribution in [2.45, 2.75) is 18.4 Å². The molecule has 0 radical (unpaired) electrons. The number of nitrogens with zero attached hydrogens (tertiary/aromatic N) is 2. The molecule has 0 fully saturated rings. The summed E-state index contributed by atoms with van der Waals surface area (Å²) in [7, 11) is -3.87. The largest absolute Gasteiger partial charge is 0.494 e. The van der Waals surface area contributed by atoms with Crippen LogP contribution in [0.15, 0.2) is 96.2 Å². The highest BCUT2D eigenvalue weighted by molar-refractivity contribution is 7.92. The van der Waals surface area contributed by atoms with E-state index in [9.17, 15) is 13.2 Å². The fraction of sp³-hybridized carbons (Fsp3) is 0.120. The van der Waals surface area contributed by atoms with Crippen LogP contribution in [0.5, 0.6) is 5.75 Å². The fourth-order valence-electron chi connectivity index (χ4n) is 3.28. The molecule has 4 rings (SSSR count). The number of hydrogen-bond donors (Lipinski definition) is 2. The van der Waals surface area contributed by atoms with Crippen LogP contribution in [0.25, 0.3) is 5.69 Å². The van der Waals surface area contributed by atoms with E-state index < -0.39 is 10.0 Å². The highest BCUT2D eigenvalue weighted by Gasteiger charge is 2.17. The molecule has 3 aromatic carbocycles. The van der Waals surface area contributed by atoms with Gasteiger partial charge in [0.25, 0.3) is 15.9 Å². The highest BCUT2D eigenvalue weighted by Crippen LogP contribution is 2.20. The number of carbonyl (C=O) groups excluding carboxylic acids is 1. The van der Waals surface area contributed by atoms with Crippen LogP contribution in [-0.4, -0.2) is 30.7 Å². The van der Waals surface area contributed by atoms with Gasteiger partial charge in [0.2, 0.25) is 0 Å². The Morgan fingerprint density at radius 2 is 1.76 bits per heavy atom. The van der Waals surface area contributed by atoms with Crippen molar-refractivity contribution in [1.29, 1.82) is 0 Å². The lowest BCUT2D eigenvalue weighted by Gasteiger charge is -2.11. The predicted octanol–water partition coefficient (Wildman–Crippen LogP) is 4.00. The monoisotopic (exact) mass is 476 g/mol. The summed E-state index contributed by atoms with van der Waals surface area (Å²) in [5.41, 5.74) is 2.47. The van der Waals surface area contributed by atoms with E-state index in [1.165, 1.54) is 12.1 Å². The molecule has 0 aliphatic rings. The summed E-state index contributed by atoms with van der Waals surface area (Å²) in [5.74, 6) is 0.286. The molecular weight excluding hydrogens is 452 g/mol. The van der Waals surface area contributed by atoms with Crippen LogP contribution in [0.1, 0.15) is 22.8 Å². The number of amides is 1. The molecule has 1 amide bonds. The minimum absolute atomic E-state index is 0.00221. The second-order valence-electron chi connectivity index (χ2n) is 7.39. The average Bonchev–Trinajstić information content (AvgIpc) is 3.39. The Morgan fingerprint density at radius 3 is 2.44 bits per heavy atom. The van der Waals surface area contributed by atoms with Crippen molar-refractivity contribution in [3.8, 4) is 11.4 Å². The first-order chi connectivity index (χ1) is 16.4. The van der Waals surface area contributed by atoms with Gasteiger partial charge in [-0.25, -0.2) is 13.1 Å². The van der Waals surface area contributed by atoms with Crippen LogP contribution in [0.3, 0.4) is 0 Å². The van der Waals surface area contributed by atoms with Gasteiger partial charge in [-0.05, 0) is 73.2 Å². The summed E-state index contributed by atoms with van der Waals surface area (Å²) in [6.45, 7) is 2.70. The molecular formula is C25H24N4O4S. The number of aromatic nitrogens is 2. The van der Waals surface area contributed by atoms with E-state index >= 15 is 0 Å². The molecule has 0 aliphatic heterocycles. The van der Waals surface area contributed by atoms with Crippen LogP contribution >= 0.6 is 0 Å². The highest BCUT2D eigenvalue weighted by atomic mass is 32.2. The number of benzene rings is 3. The van der Waals surface area contributed by atoms with Crippen LogP contribution in [-0.2, 0) is 16.6 Å². The average molecular weight is 477 g/mol. The Morgan fingerprint density at radius 1 is 1.00 bits per heavy atom. The van der Waals surface area contributed by atoms with Gasteiger partial charge in [0.15, 0.2) is 0 Å². The minimum Gasteiger partial charge on any atom is -0.494 e. The Hall–Kier alpha value is -4.11. The lowest BCUT2D eigenvalue weighted by Crippen LogP contribution is -2.23. The van der Waals surface area contributed by atoms with E-state index in [0.717, 1.165) is 11.3 Å². The van der Waals surface area contributed by atoms with Gasteiger partial charge in [-0.2, -0.15) is 5.10 Å². The van der Waals surface area contributed by atoms with Crippen molar-refractivity contribution in [3.05, 3.63) is 102 Å². The van der Waals surface area contributed by atoms with Crippen molar-refractivity contribution in [3.63, 3.8) is 0 Å². The molecule has 0 atom stereocenters. The number of nitrogens with one attached hydrogen (secondary N) is 2. The van der Waals surface area contributed by atoms with Gasteiger partial charge in [-0.3, -0.25) is 9.52 Å². The summed E-state index contributed by atoms with van der Waals surface area (Å²) in [5, 5.41) is 7.01. The molecule has 4 aromatic rings. The predicted molar refractivity (Wildman–Crippen MR) is 130 cm³/mol. The Balaban J connectivity index is 1.40. The van der Waals surface area contributed by atoms with Gasteiger partial charge in [0, 0.05) is 30.2 Å². The molecule has 0 saturated carbocycles. The first-order valence-electron chi connectivity index (χ1n) is 10.7. The molecule has 1 heterocycles. The van der Waals surface area contributed by atoms with Crippen molar-refractivity contribution in [2.75, 3.05) is 11.3 Å². The number of carbonyl (C=O) groups is 1. The zero-order valence-electron chi connectivity index (χ0n) is 18.5. The summed E-state index contributed by atoms with van der Waals surface area (Å²) in [6, 6.07) is 22.0. The maximum Gasteiger partial charge on any atom is 0.261 e. The van der Waals surface area contributed by atoms with E-state index in [4.69, 9.17) is 4.74 Å². The van der Waals surface area contributed by atoms with E-state index in [1.807, 2.05) is 43.5 Å². The molecule has 0 unspecified atom stereocenters. The summed E-state index contributed by atoms with van der Waals surface area (Å²) >= 11 is 0. The zero-order valence-corrected chi connectivity index (χ0v) is 19.3. The van der Waals surface area contributed by atoms with Gasteiger partial charge in [-0.1, -0.05) is 18.2 Å². The number of ether oxygens (including phenoxy) is 1. The van der Waals surface area contributed by atoms with Gasteiger partial charge in [-0.15, -0.1) is 0 Å². The number of anilines is 1. The molecule has 9 heteroatoms. The molecule has 8 nitrogen and oxygen atoms in total. The molecule has 2 N–H and O–H groups in total. The first kappa shape index (κ1) is 23.1. The quantitative estimate of drug-likeness (QED) is 0.380. The van der Waals surface area contributed by atoms with E-state index in [0.29, 0.717) is 24.6 Å². The number of rotatable bonds is 9. The summed E-state index contributed by atoms with van der Waals surface area (Å²) in [4.78, 5) is 12.7. The molecule has 34 heavy (non-hydrogen) atoms. The van der Waals surface area contributed by atoms with Gasteiger partial charge in [0.1, 0.15) is 5.75 Å². The van der Waals surface area contributed by atoms with Crippen molar-refractivity contribution in [2.24, 2.45) is 0 Å². The third kappa shape index (κ3) is 5.62. The van der Waals surface area contributed by atoms with Gasteiger partial charge >= 0.3 is 0 Å². The lowest BCUT2D eigenvalue weighted by atomic mass is 10.2. The molecule has 174 valence electrons. The van der Waals surface area contributed by atoms with E-state index in [2.05, 4.69) is 15.1 Å². The van der Waals surface area contributed by atoms with Gasteiger partial charge < -0.3 is 10.1 Å². The Kier molecular flexibility index (Phi) is 6.93. The molecule has 0 bridgehead atoms. The minimum atomic E-state index is -3.87. The maximum atomic E-state index is 12.8. The molecule has 0 spiro atoms. The topological polar surface area (TPSA) is 102 Å². The molecule has 0 aliphatic carbocycles. The van der Waals surface area contributed by atoms with Crippen molar-refractivity contribution < 1.29 is 17.9 Å². The normalized spacial score (nSPS) is 11.1. The standard InChI is InChI=1S/C25H24N4O4S/c1-2-33-23-13-9-21(10-14-23)28-34(31,32)24-6-3-5-20(17-24)25(30)26-18-19-7-11-22(12-8-19)29-16-4-15-27-29/h3-17,28H,2,18H2,1H3,(H,26,30). The number of sulfonamides is 1. The second-order valence-corrected chi connectivity index (χ2v) is 9.07. The fourth-order valence-corrected chi connectivity index (χ4v) is 4.38. The molecule has 1 aromatic heterocycles. The third-order valence-corrected chi connectivity index (χ3v) is 6.36. The van der Waals surface area contributed by atoms with Crippen molar-refractivity contribution in [1.82, 2.24) is 15.1 Å². The van der Waals surface area contributed by atoms with E-state index in [-0.39, 0.29) is 16.4 Å². The van der Waals surface area contributed by atoms with Crippen LogP contribution in [0.2, 0.25) is 0 Å². The third-order valence-electron chi connectivity index (χ3n) is 4.98.